The number of benzene rings is 1. The van der Waals surface area contributed by atoms with Crippen LogP contribution in [0.3, 0.4) is 0 Å². The van der Waals surface area contributed by atoms with Crippen molar-refractivity contribution in [2.45, 2.75) is 32.0 Å². The average Bonchev–Trinajstić information content (AvgIpc) is 2.37. The molecule has 2 rings (SSSR count). The number of methoxy groups -OCH3 is 1. The summed E-state index contributed by atoms with van der Waals surface area (Å²) >= 11 is 0. The highest BCUT2D eigenvalue weighted by Gasteiger charge is 2.23. The second kappa shape index (κ2) is 5.04. The molecule has 18 heavy (non-hydrogen) atoms. The lowest BCUT2D eigenvalue weighted by Gasteiger charge is -2.26. The number of aliphatic hydroxyl groups excluding tert-OH is 1. The molecule has 0 saturated carbocycles. The SMILES string of the molecule is COC(C)(C)CC(O)c1cccc2cccnc12. The van der Waals surface area contributed by atoms with E-state index in [0.29, 0.717) is 6.42 Å². The number of hydrogen-bond donors (Lipinski definition) is 1. The second-order valence-corrected chi connectivity index (χ2v) is 5.11. The first-order chi connectivity index (χ1) is 8.53. The molecule has 1 heterocycles. The summed E-state index contributed by atoms with van der Waals surface area (Å²) in [6, 6.07) is 9.77. The van der Waals surface area contributed by atoms with E-state index in [0.717, 1.165) is 16.5 Å². The molecule has 96 valence electrons. The Labute approximate surface area is 107 Å². The highest BCUT2D eigenvalue weighted by atomic mass is 16.5. The fraction of sp³-hybridized carbons (Fsp3) is 0.400. The number of pyridine rings is 1. The summed E-state index contributed by atoms with van der Waals surface area (Å²) in [4.78, 5) is 4.36. The van der Waals surface area contributed by atoms with Crippen LogP contribution in [-0.4, -0.2) is 22.8 Å². The zero-order valence-corrected chi connectivity index (χ0v) is 11.1. The molecule has 1 N–H and O–H groups in total. The van der Waals surface area contributed by atoms with Crippen molar-refractivity contribution in [1.82, 2.24) is 4.98 Å². The van der Waals surface area contributed by atoms with Crippen LogP contribution in [0.1, 0.15) is 31.9 Å². The van der Waals surface area contributed by atoms with Gasteiger partial charge in [-0.3, -0.25) is 4.98 Å². The fourth-order valence-corrected chi connectivity index (χ4v) is 2.06. The van der Waals surface area contributed by atoms with Gasteiger partial charge in [0, 0.05) is 30.7 Å². The van der Waals surface area contributed by atoms with Gasteiger partial charge in [0.1, 0.15) is 0 Å². The van der Waals surface area contributed by atoms with E-state index in [4.69, 9.17) is 4.74 Å². The molecule has 0 bridgehead atoms. The number of aromatic nitrogens is 1. The zero-order chi connectivity index (χ0) is 13.2. The van der Waals surface area contributed by atoms with Gasteiger partial charge in [0.05, 0.1) is 17.2 Å². The Morgan fingerprint density at radius 2 is 2.00 bits per heavy atom. The van der Waals surface area contributed by atoms with E-state index >= 15 is 0 Å². The molecule has 0 fully saturated rings. The number of fused-ring (bicyclic) bond motifs is 1. The highest BCUT2D eigenvalue weighted by Crippen LogP contribution is 2.29. The second-order valence-electron chi connectivity index (χ2n) is 5.11. The van der Waals surface area contributed by atoms with Gasteiger partial charge in [-0.2, -0.15) is 0 Å². The number of aliphatic hydroxyl groups is 1. The number of hydrogen-bond acceptors (Lipinski definition) is 3. The summed E-state index contributed by atoms with van der Waals surface area (Å²) in [7, 11) is 1.66. The molecule has 3 nitrogen and oxygen atoms in total. The average molecular weight is 245 g/mol. The number of para-hydroxylation sites is 1. The van der Waals surface area contributed by atoms with Gasteiger partial charge < -0.3 is 9.84 Å². The van der Waals surface area contributed by atoms with Crippen molar-refractivity contribution in [3.8, 4) is 0 Å². The van der Waals surface area contributed by atoms with Gasteiger partial charge in [-0.1, -0.05) is 24.3 Å². The van der Waals surface area contributed by atoms with Gasteiger partial charge in [0.25, 0.3) is 0 Å². The molecule has 0 aliphatic carbocycles. The van der Waals surface area contributed by atoms with E-state index in [1.54, 1.807) is 13.3 Å². The molecule has 3 heteroatoms. The molecule has 1 aromatic carbocycles. The Morgan fingerprint density at radius 1 is 1.28 bits per heavy atom. The Hall–Kier alpha value is -1.45. The van der Waals surface area contributed by atoms with Crippen molar-refractivity contribution < 1.29 is 9.84 Å². The molecule has 2 aromatic rings. The van der Waals surface area contributed by atoms with Crippen LogP contribution in [0, 0.1) is 0 Å². The normalized spacial score (nSPS) is 13.8. The lowest BCUT2D eigenvalue weighted by atomic mass is 9.94. The third kappa shape index (κ3) is 2.68. The lowest BCUT2D eigenvalue weighted by molar-refractivity contribution is -0.0198. The molecular formula is C15H19NO2. The zero-order valence-electron chi connectivity index (χ0n) is 11.1. The van der Waals surface area contributed by atoms with Crippen LogP contribution in [-0.2, 0) is 4.74 Å². The van der Waals surface area contributed by atoms with Crippen molar-refractivity contribution >= 4 is 10.9 Å². The van der Waals surface area contributed by atoms with Gasteiger partial charge >= 0.3 is 0 Å². The molecule has 1 unspecified atom stereocenters. The maximum Gasteiger partial charge on any atom is 0.0838 e. The third-order valence-corrected chi connectivity index (χ3v) is 3.26. The molecule has 0 aliphatic rings. The molecule has 1 atom stereocenters. The van der Waals surface area contributed by atoms with Crippen molar-refractivity contribution in [1.29, 1.82) is 0 Å². The summed E-state index contributed by atoms with van der Waals surface area (Å²) in [5.74, 6) is 0. The first kappa shape index (κ1) is 13.0. The highest BCUT2D eigenvalue weighted by molar-refractivity contribution is 5.81. The molecule has 0 radical (unpaired) electrons. The molecule has 1 aromatic heterocycles. The van der Waals surface area contributed by atoms with Crippen LogP contribution in [0.5, 0.6) is 0 Å². The molecular weight excluding hydrogens is 226 g/mol. The first-order valence-corrected chi connectivity index (χ1v) is 6.10. The Bertz CT molecular complexity index is 532. The van der Waals surface area contributed by atoms with E-state index in [9.17, 15) is 5.11 Å². The minimum Gasteiger partial charge on any atom is -0.388 e. The Morgan fingerprint density at radius 3 is 2.72 bits per heavy atom. The van der Waals surface area contributed by atoms with Gasteiger partial charge in [-0.25, -0.2) is 0 Å². The first-order valence-electron chi connectivity index (χ1n) is 6.10. The van der Waals surface area contributed by atoms with Crippen LogP contribution in [0.15, 0.2) is 36.5 Å². The van der Waals surface area contributed by atoms with Gasteiger partial charge in [-0.15, -0.1) is 0 Å². The van der Waals surface area contributed by atoms with Crippen molar-refractivity contribution in [3.63, 3.8) is 0 Å². The van der Waals surface area contributed by atoms with Crippen molar-refractivity contribution in [3.05, 3.63) is 42.1 Å². The Kier molecular flexibility index (Phi) is 3.64. The maximum absolute atomic E-state index is 10.4. The molecule has 0 amide bonds. The van der Waals surface area contributed by atoms with E-state index in [1.165, 1.54) is 0 Å². The van der Waals surface area contributed by atoms with Gasteiger partial charge in [0.15, 0.2) is 0 Å². The summed E-state index contributed by atoms with van der Waals surface area (Å²) in [5.41, 5.74) is 1.37. The van der Waals surface area contributed by atoms with Crippen LogP contribution >= 0.6 is 0 Å². The summed E-state index contributed by atoms with van der Waals surface area (Å²) in [6.45, 7) is 3.93. The minimum absolute atomic E-state index is 0.351. The van der Waals surface area contributed by atoms with Crippen LogP contribution in [0.25, 0.3) is 10.9 Å². The fourth-order valence-electron chi connectivity index (χ4n) is 2.06. The number of rotatable bonds is 4. The summed E-state index contributed by atoms with van der Waals surface area (Å²) in [6.07, 6.45) is 1.72. The minimum atomic E-state index is -0.571. The van der Waals surface area contributed by atoms with Crippen LogP contribution in [0.4, 0.5) is 0 Å². The Balaban J connectivity index is 2.36. The van der Waals surface area contributed by atoms with E-state index in [1.807, 2.05) is 44.2 Å². The standard InChI is InChI=1S/C15H19NO2/c1-15(2,18-3)10-13(17)12-8-4-6-11-7-5-9-16-14(11)12/h4-9,13,17H,10H2,1-3H3. The number of ether oxygens (including phenoxy) is 1. The van der Waals surface area contributed by atoms with Crippen LogP contribution in [0.2, 0.25) is 0 Å². The van der Waals surface area contributed by atoms with Crippen molar-refractivity contribution in [2.75, 3.05) is 7.11 Å². The van der Waals surface area contributed by atoms with E-state index < -0.39 is 6.10 Å². The molecule has 0 spiro atoms. The van der Waals surface area contributed by atoms with Gasteiger partial charge in [-0.05, 0) is 19.9 Å². The largest absolute Gasteiger partial charge is 0.388 e. The van der Waals surface area contributed by atoms with Gasteiger partial charge in [0.2, 0.25) is 0 Å². The number of nitrogens with zero attached hydrogens (tertiary/aromatic N) is 1. The van der Waals surface area contributed by atoms with Crippen molar-refractivity contribution in [2.24, 2.45) is 0 Å². The topological polar surface area (TPSA) is 42.4 Å². The molecule has 0 aliphatic heterocycles. The summed E-state index contributed by atoms with van der Waals surface area (Å²) in [5, 5.41) is 11.4. The predicted octanol–water partition coefficient (Wildman–Crippen LogP) is 3.08. The van der Waals surface area contributed by atoms with Crippen LogP contribution < -0.4 is 0 Å². The smallest absolute Gasteiger partial charge is 0.0838 e. The van der Waals surface area contributed by atoms with E-state index in [-0.39, 0.29) is 5.60 Å². The summed E-state index contributed by atoms with van der Waals surface area (Å²) < 4.78 is 5.36. The molecule has 0 saturated heterocycles. The lowest BCUT2D eigenvalue weighted by Crippen LogP contribution is -2.25. The predicted molar refractivity (Wildman–Crippen MR) is 72.4 cm³/mol. The third-order valence-electron chi connectivity index (χ3n) is 3.26. The quantitative estimate of drug-likeness (QED) is 0.900. The monoisotopic (exact) mass is 245 g/mol. The van der Waals surface area contributed by atoms with E-state index in [2.05, 4.69) is 4.98 Å². The maximum atomic E-state index is 10.4.